The number of hydrogen-bond acceptors (Lipinski definition) is 3. The van der Waals surface area contributed by atoms with E-state index in [1.165, 1.54) is 33.8 Å². The summed E-state index contributed by atoms with van der Waals surface area (Å²) >= 11 is 0. The van der Waals surface area contributed by atoms with Crippen LogP contribution in [0.5, 0.6) is 0 Å². The molecule has 0 aliphatic heterocycles. The second-order valence-corrected chi connectivity index (χ2v) is 8.33. The molecule has 5 heteroatoms. The maximum atomic E-state index is 11.0. The average molecular weight is 392 g/mol. The van der Waals surface area contributed by atoms with Crippen molar-refractivity contribution in [1.82, 2.24) is 15.8 Å². The van der Waals surface area contributed by atoms with Crippen LogP contribution < -0.4 is 10.8 Å². The largest absolute Gasteiger partial charge is 0.358 e. The summed E-state index contributed by atoms with van der Waals surface area (Å²) in [6.07, 6.45) is 3.92. The third-order valence-electron chi connectivity index (χ3n) is 4.93. The molecule has 0 radical (unpaired) electrons. The Bertz CT molecular complexity index is 995. The van der Waals surface area contributed by atoms with Crippen molar-refractivity contribution in [3.8, 4) is 0 Å². The Labute approximate surface area is 171 Å². The highest BCUT2D eigenvalue weighted by atomic mass is 16.5. The summed E-state index contributed by atoms with van der Waals surface area (Å²) in [5.41, 5.74) is 7.57. The van der Waals surface area contributed by atoms with Crippen LogP contribution in [0.2, 0.25) is 0 Å². The number of carbonyl (C=O) groups is 1. The first-order chi connectivity index (χ1) is 13.8. The van der Waals surface area contributed by atoms with Gasteiger partial charge in [-0.05, 0) is 53.3 Å². The highest BCUT2D eigenvalue weighted by Gasteiger charge is 2.16. The summed E-state index contributed by atoms with van der Waals surface area (Å²) < 4.78 is 0. The molecular weight excluding hydrogens is 362 g/mol. The predicted octanol–water partition coefficient (Wildman–Crippen LogP) is 4.32. The lowest BCUT2D eigenvalue weighted by molar-refractivity contribution is -0.124. The van der Waals surface area contributed by atoms with Crippen LogP contribution in [0.3, 0.4) is 0 Å². The van der Waals surface area contributed by atoms with Crippen molar-refractivity contribution in [3.05, 3.63) is 77.0 Å². The molecule has 0 bridgehead atoms. The van der Waals surface area contributed by atoms with E-state index < -0.39 is 5.91 Å². The topological polar surface area (TPSA) is 77.2 Å². The fraction of sp³-hybridized carbons (Fsp3) is 0.292. The van der Waals surface area contributed by atoms with Crippen molar-refractivity contribution in [2.24, 2.45) is 0 Å². The van der Waals surface area contributed by atoms with Gasteiger partial charge in [0.25, 0.3) is 5.91 Å². The van der Waals surface area contributed by atoms with Gasteiger partial charge < -0.3 is 10.3 Å². The van der Waals surface area contributed by atoms with Crippen molar-refractivity contribution < 1.29 is 10.0 Å². The zero-order chi connectivity index (χ0) is 20.9. The van der Waals surface area contributed by atoms with E-state index in [9.17, 15) is 4.79 Å². The van der Waals surface area contributed by atoms with Crippen LogP contribution in [-0.2, 0) is 23.2 Å². The summed E-state index contributed by atoms with van der Waals surface area (Å²) in [4.78, 5) is 14.6. The molecule has 0 saturated carbocycles. The first-order valence-electron chi connectivity index (χ1n) is 9.89. The van der Waals surface area contributed by atoms with E-state index in [0.717, 1.165) is 25.1 Å². The van der Waals surface area contributed by atoms with Crippen molar-refractivity contribution >= 4 is 22.9 Å². The van der Waals surface area contributed by atoms with Gasteiger partial charge in [0.05, 0.1) is 0 Å². The molecule has 2 aromatic carbocycles. The molecule has 3 aromatic rings. The fourth-order valence-electron chi connectivity index (χ4n) is 3.15. The van der Waals surface area contributed by atoms with Gasteiger partial charge in [0, 0.05) is 29.2 Å². The number of amides is 1. The summed E-state index contributed by atoms with van der Waals surface area (Å²) in [6, 6.07) is 16.8. The van der Waals surface area contributed by atoms with Crippen LogP contribution in [0.15, 0.2) is 54.6 Å². The molecule has 4 N–H and O–H groups in total. The Balaban J connectivity index is 1.50. The molecule has 0 aliphatic rings. The zero-order valence-corrected chi connectivity index (χ0v) is 17.3. The number of hydrogen-bond donors (Lipinski definition) is 4. The monoisotopic (exact) mass is 391 g/mol. The van der Waals surface area contributed by atoms with E-state index >= 15 is 0 Å². The van der Waals surface area contributed by atoms with Crippen LogP contribution in [0.25, 0.3) is 17.0 Å². The molecule has 1 amide bonds. The number of rotatable bonds is 7. The molecule has 1 aromatic heterocycles. The van der Waals surface area contributed by atoms with E-state index in [-0.39, 0.29) is 5.41 Å². The number of hydroxylamine groups is 1. The third kappa shape index (κ3) is 5.79. The molecule has 5 nitrogen and oxygen atoms in total. The van der Waals surface area contributed by atoms with Gasteiger partial charge in [0.15, 0.2) is 0 Å². The molecule has 152 valence electrons. The number of aromatic nitrogens is 1. The molecule has 0 aliphatic carbocycles. The Morgan fingerprint density at radius 2 is 1.79 bits per heavy atom. The maximum Gasteiger partial charge on any atom is 0.267 e. The highest BCUT2D eigenvalue weighted by Crippen LogP contribution is 2.26. The number of benzene rings is 2. The van der Waals surface area contributed by atoms with Crippen molar-refractivity contribution in [3.63, 3.8) is 0 Å². The Morgan fingerprint density at radius 3 is 2.48 bits per heavy atom. The summed E-state index contributed by atoms with van der Waals surface area (Å²) in [5, 5.41) is 13.2. The van der Waals surface area contributed by atoms with Gasteiger partial charge in [-0.2, -0.15) is 0 Å². The number of fused-ring (bicyclic) bond motifs is 1. The lowest BCUT2D eigenvalue weighted by Crippen LogP contribution is -2.16. The highest BCUT2D eigenvalue weighted by molar-refractivity contribution is 5.90. The minimum absolute atomic E-state index is 0.122. The lowest BCUT2D eigenvalue weighted by atomic mass is 9.92. The van der Waals surface area contributed by atoms with Crippen LogP contribution in [0.4, 0.5) is 0 Å². The minimum Gasteiger partial charge on any atom is -0.358 e. The summed E-state index contributed by atoms with van der Waals surface area (Å²) in [5.74, 6) is -0.539. The van der Waals surface area contributed by atoms with Gasteiger partial charge >= 0.3 is 0 Å². The average Bonchev–Trinajstić information content (AvgIpc) is 3.14. The van der Waals surface area contributed by atoms with Gasteiger partial charge in [0.2, 0.25) is 0 Å². The number of aromatic amines is 1. The number of H-pyrrole nitrogens is 1. The van der Waals surface area contributed by atoms with Crippen LogP contribution >= 0.6 is 0 Å². The second kappa shape index (κ2) is 9.07. The maximum absolute atomic E-state index is 11.0. The summed E-state index contributed by atoms with van der Waals surface area (Å²) in [7, 11) is 0. The summed E-state index contributed by atoms with van der Waals surface area (Å²) in [6.45, 7) is 8.35. The number of carbonyl (C=O) groups excluding carboxylic acids is 1. The molecule has 1 heterocycles. The van der Waals surface area contributed by atoms with Gasteiger partial charge in [-0.15, -0.1) is 0 Å². The molecule has 0 fully saturated rings. The standard InChI is InChI=1S/C24H29N3O2/c1-24(2,3)22-15-20-10-8-18(14-21(20)26-22)12-13-25-16-19-6-4-17(5-7-19)9-11-23(28)27-29/h4-11,14-15,25-26,29H,12-13,16H2,1-3H3,(H,27,28)/b11-9+. The van der Waals surface area contributed by atoms with E-state index in [0.29, 0.717) is 0 Å². The Hall–Kier alpha value is -2.89. The predicted molar refractivity (Wildman–Crippen MR) is 118 cm³/mol. The van der Waals surface area contributed by atoms with Gasteiger partial charge in [-0.1, -0.05) is 57.2 Å². The minimum atomic E-state index is -0.539. The van der Waals surface area contributed by atoms with E-state index in [1.807, 2.05) is 24.3 Å². The van der Waals surface area contributed by atoms with E-state index in [2.05, 4.69) is 55.3 Å². The molecule has 0 unspecified atom stereocenters. The SMILES string of the molecule is CC(C)(C)c1cc2ccc(CCNCc3ccc(/C=C/C(=O)NO)cc3)cc2[nH]1. The normalized spacial score (nSPS) is 12.0. The van der Waals surface area contributed by atoms with E-state index in [1.54, 1.807) is 11.6 Å². The van der Waals surface area contributed by atoms with Crippen molar-refractivity contribution in [2.75, 3.05) is 6.54 Å². The van der Waals surface area contributed by atoms with Crippen molar-refractivity contribution in [1.29, 1.82) is 0 Å². The smallest absolute Gasteiger partial charge is 0.267 e. The first-order valence-corrected chi connectivity index (χ1v) is 9.89. The van der Waals surface area contributed by atoms with Crippen LogP contribution in [0, 0.1) is 0 Å². The second-order valence-electron chi connectivity index (χ2n) is 8.33. The van der Waals surface area contributed by atoms with Crippen LogP contribution in [-0.4, -0.2) is 22.6 Å². The number of nitrogens with one attached hydrogen (secondary N) is 3. The molecular formula is C24H29N3O2. The first kappa shape index (κ1) is 20.8. The molecule has 0 atom stereocenters. The van der Waals surface area contributed by atoms with E-state index in [4.69, 9.17) is 5.21 Å². The quantitative estimate of drug-likeness (QED) is 0.210. The molecule has 29 heavy (non-hydrogen) atoms. The lowest BCUT2D eigenvalue weighted by Gasteiger charge is -2.15. The van der Waals surface area contributed by atoms with Gasteiger partial charge in [-0.25, -0.2) is 5.48 Å². The molecule has 0 saturated heterocycles. The van der Waals surface area contributed by atoms with Gasteiger partial charge in [-0.3, -0.25) is 10.0 Å². The fourth-order valence-corrected chi connectivity index (χ4v) is 3.15. The molecule has 3 rings (SSSR count). The van der Waals surface area contributed by atoms with Gasteiger partial charge in [0.1, 0.15) is 0 Å². The molecule has 0 spiro atoms. The van der Waals surface area contributed by atoms with Crippen LogP contribution in [0.1, 0.15) is 43.2 Å². The third-order valence-corrected chi connectivity index (χ3v) is 4.93. The van der Waals surface area contributed by atoms with Crippen molar-refractivity contribution in [2.45, 2.75) is 39.2 Å². The Kier molecular flexibility index (Phi) is 6.52. The zero-order valence-electron chi connectivity index (χ0n) is 17.3. The Morgan fingerprint density at radius 1 is 1.07 bits per heavy atom.